The van der Waals surface area contributed by atoms with E-state index in [1.165, 1.54) is 7.11 Å². The second-order valence-corrected chi connectivity index (χ2v) is 10.9. The largest absolute Gasteiger partial charge is 0.467 e. The number of halogens is 1. The zero-order chi connectivity index (χ0) is 26.0. The van der Waals surface area contributed by atoms with Crippen LogP contribution in [0.4, 0.5) is 0 Å². The van der Waals surface area contributed by atoms with Crippen molar-refractivity contribution in [2.75, 3.05) is 7.11 Å². The lowest BCUT2D eigenvalue weighted by Crippen LogP contribution is -2.55. The standard InChI is InChI=1S/C26H33ClN4O5/c1-26(2)10-9-16(22(32)31-26)13-20(25(35)36-3)30-23(33)18(11-14-7-8-14)29-24(34)19-12-15-5-4-6-17(27)21(15)28-19/h4-6,12,14,16,18,20,28H,7-11,13H2,1-3H3,(H,29,34)(H,30,33)(H,31,32)/t16?,18-,20-/m0/s1. The Hall–Kier alpha value is -3.07. The maximum absolute atomic E-state index is 13.3. The first kappa shape index (κ1) is 26.0. The molecule has 9 nitrogen and oxygen atoms in total. The highest BCUT2D eigenvalue weighted by Crippen LogP contribution is 2.34. The number of hydrogen-bond acceptors (Lipinski definition) is 5. The van der Waals surface area contributed by atoms with Crippen LogP contribution >= 0.6 is 11.6 Å². The highest BCUT2D eigenvalue weighted by atomic mass is 35.5. The van der Waals surface area contributed by atoms with Gasteiger partial charge in [-0.1, -0.05) is 36.6 Å². The molecule has 3 amide bonds. The van der Waals surface area contributed by atoms with Crippen molar-refractivity contribution in [2.24, 2.45) is 11.8 Å². The van der Waals surface area contributed by atoms with E-state index in [4.69, 9.17) is 16.3 Å². The van der Waals surface area contributed by atoms with Gasteiger partial charge in [0, 0.05) is 16.8 Å². The van der Waals surface area contributed by atoms with Crippen LogP contribution in [0.1, 0.15) is 62.9 Å². The molecule has 4 rings (SSSR count). The van der Waals surface area contributed by atoms with Crippen LogP contribution in [-0.4, -0.2) is 53.4 Å². The number of nitrogens with one attached hydrogen (secondary N) is 4. The average molecular weight is 517 g/mol. The molecular formula is C26H33ClN4O5. The van der Waals surface area contributed by atoms with Crippen LogP contribution in [-0.2, 0) is 19.1 Å². The summed E-state index contributed by atoms with van der Waals surface area (Å²) in [6.07, 6.45) is 3.93. The molecule has 1 unspecified atom stereocenters. The van der Waals surface area contributed by atoms with Gasteiger partial charge in [-0.25, -0.2) is 4.79 Å². The first-order valence-corrected chi connectivity index (χ1v) is 12.7. The summed E-state index contributed by atoms with van der Waals surface area (Å²) in [6, 6.07) is 5.22. The molecule has 10 heteroatoms. The molecule has 2 aliphatic rings. The van der Waals surface area contributed by atoms with E-state index in [-0.39, 0.29) is 23.6 Å². The van der Waals surface area contributed by atoms with Crippen LogP contribution in [0.5, 0.6) is 0 Å². The maximum Gasteiger partial charge on any atom is 0.328 e. The number of H-pyrrole nitrogens is 1. The van der Waals surface area contributed by atoms with Crippen molar-refractivity contribution in [3.05, 3.63) is 35.0 Å². The van der Waals surface area contributed by atoms with Gasteiger partial charge in [-0.3, -0.25) is 14.4 Å². The Labute approximate surface area is 215 Å². The molecule has 2 fully saturated rings. The smallest absolute Gasteiger partial charge is 0.328 e. The third kappa shape index (κ3) is 6.19. The normalized spacial score (nSPS) is 20.8. The fourth-order valence-electron chi connectivity index (χ4n) is 4.70. The van der Waals surface area contributed by atoms with Gasteiger partial charge in [0.2, 0.25) is 11.8 Å². The van der Waals surface area contributed by atoms with Gasteiger partial charge in [-0.2, -0.15) is 0 Å². The number of rotatable bonds is 9. The van der Waals surface area contributed by atoms with E-state index in [0.29, 0.717) is 29.3 Å². The van der Waals surface area contributed by atoms with Crippen LogP contribution in [0.2, 0.25) is 5.02 Å². The Morgan fingerprint density at radius 2 is 1.89 bits per heavy atom. The number of fused-ring (bicyclic) bond motifs is 1. The zero-order valence-corrected chi connectivity index (χ0v) is 21.5. The van der Waals surface area contributed by atoms with Crippen molar-refractivity contribution < 1.29 is 23.9 Å². The summed E-state index contributed by atoms with van der Waals surface area (Å²) in [5.41, 5.74) is 0.634. The SMILES string of the molecule is COC(=O)[C@H](CC1CCC(C)(C)NC1=O)NC(=O)[C@H](CC1CC1)NC(=O)c1cc2cccc(Cl)c2[nH]1. The number of hydrogen-bond donors (Lipinski definition) is 4. The Kier molecular flexibility index (Phi) is 7.59. The number of carbonyl (C=O) groups is 4. The van der Waals surface area contributed by atoms with Crippen LogP contribution in [0, 0.1) is 11.8 Å². The quantitative estimate of drug-likeness (QED) is 0.381. The van der Waals surface area contributed by atoms with Crippen molar-refractivity contribution in [1.29, 1.82) is 0 Å². The van der Waals surface area contributed by atoms with Crippen LogP contribution in [0.15, 0.2) is 24.3 Å². The minimum absolute atomic E-state index is 0.130. The van der Waals surface area contributed by atoms with Crippen molar-refractivity contribution in [1.82, 2.24) is 20.9 Å². The lowest BCUT2D eigenvalue weighted by molar-refractivity contribution is -0.146. The Balaban J connectivity index is 1.46. The fourth-order valence-corrected chi connectivity index (χ4v) is 4.93. The lowest BCUT2D eigenvalue weighted by Gasteiger charge is -2.36. The third-order valence-corrected chi connectivity index (χ3v) is 7.33. The molecule has 2 heterocycles. The third-order valence-electron chi connectivity index (χ3n) is 7.01. The predicted octanol–water partition coefficient (Wildman–Crippen LogP) is 3.07. The van der Waals surface area contributed by atoms with E-state index in [1.807, 2.05) is 19.9 Å². The van der Waals surface area contributed by atoms with Crippen molar-refractivity contribution in [3.63, 3.8) is 0 Å². The number of benzene rings is 1. The highest BCUT2D eigenvalue weighted by molar-refractivity contribution is 6.35. The summed E-state index contributed by atoms with van der Waals surface area (Å²) in [6.45, 7) is 3.90. The molecule has 2 aromatic rings. The van der Waals surface area contributed by atoms with Crippen molar-refractivity contribution >= 4 is 46.2 Å². The van der Waals surface area contributed by atoms with Crippen molar-refractivity contribution in [2.45, 2.75) is 70.0 Å². The maximum atomic E-state index is 13.3. The summed E-state index contributed by atoms with van der Waals surface area (Å²) in [7, 11) is 1.25. The molecule has 3 atom stereocenters. The van der Waals surface area contributed by atoms with E-state index < -0.39 is 35.8 Å². The van der Waals surface area contributed by atoms with Gasteiger partial charge in [0.1, 0.15) is 17.8 Å². The van der Waals surface area contributed by atoms with Gasteiger partial charge in [-0.15, -0.1) is 0 Å². The monoisotopic (exact) mass is 516 g/mol. The molecule has 1 aliphatic heterocycles. The summed E-state index contributed by atoms with van der Waals surface area (Å²) >= 11 is 6.22. The Bertz CT molecular complexity index is 1170. The number of aromatic nitrogens is 1. The topological polar surface area (TPSA) is 129 Å². The number of carbonyl (C=O) groups excluding carboxylic acids is 4. The molecule has 36 heavy (non-hydrogen) atoms. The minimum Gasteiger partial charge on any atom is -0.467 e. The second kappa shape index (κ2) is 10.5. The number of para-hydroxylation sites is 1. The number of methoxy groups -OCH3 is 1. The van der Waals surface area contributed by atoms with Crippen molar-refractivity contribution in [3.8, 4) is 0 Å². The van der Waals surface area contributed by atoms with Gasteiger partial charge in [0.25, 0.3) is 5.91 Å². The van der Waals surface area contributed by atoms with Gasteiger partial charge < -0.3 is 25.7 Å². The van der Waals surface area contributed by atoms with Gasteiger partial charge >= 0.3 is 5.97 Å². The molecule has 0 radical (unpaired) electrons. The molecule has 4 N–H and O–H groups in total. The van der Waals surface area contributed by atoms with E-state index in [9.17, 15) is 19.2 Å². The van der Waals surface area contributed by atoms with Gasteiger partial charge in [0.05, 0.1) is 17.6 Å². The molecule has 0 spiro atoms. The minimum atomic E-state index is -0.995. The van der Waals surface area contributed by atoms with E-state index in [1.54, 1.807) is 18.2 Å². The molecule has 194 valence electrons. The number of amides is 3. The molecule has 1 aromatic carbocycles. The van der Waals surface area contributed by atoms with Gasteiger partial charge in [0.15, 0.2) is 0 Å². The molecule has 1 saturated heterocycles. The zero-order valence-electron chi connectivity index (χ0n) is 20.8. The molecule has 1 saturated carbocycles. The molecule has 0 bridgehead atoms. The van der Waals surface area contributed by atoms with Crippen LogP contribution < -0.4 is 16.0 Å². The predicted molar refractivity (Wildman–Crippen MR) is 135 cm³/mol. The Morgan fingerprint density at radius 3 is 2.53 bits per heavy atom. The summed E-state index contributed by atoms with van der Waals surface area (Å²) in [5, 5.41) is 9.80. The summed E-state index contributed by atoms with van der Waals surface area (Å²) < 4.78 is 4.91. The summed E-state index contributed by atoms with van der Waals surface area (Å²) in [4.78, 5) is 54.4. The van der Waals surface area contributed by atoms with Crippen LogP contribution in [0.3, 0.4) is 0 Å². The van der Waals surface area contributed by atoms with Crippen LogP contribution in [0.25, 0.3) is 10.9 Å². The molecule has 1 aliphatic carbocycles. The average Bonchev–Trinajstić information content (AvgIpc) is 3.53. The van der Waals surface area contributed by atoms with Gasteiger partial charge in [-0.05, 0) is 57.6 Å². The van der Waals surface area contributed by atoms with E-state index >= 15 is 0 Å². The second-order valence-electron chi connectivity index (χ2n) is 10.5. The number of ether oxygens (including phenoxy) is 1. The highest BCUT2D eigenvalue weighted by Gasteiger charge is 2.38. The lowest BCUT2D eigenvalue weighted by atomic mass is 9.83. The molecule has 1 aromatic heterocycles. The summed E-state index contributed by atoms with van der Waals surface area (Å²) in [5.74, 6) is -1.77. The number of aromatic amines is 1. The Morgan fingerprint density at radius 1 is 1.14 bits per heavy atom. The number of piperidine rings is 1. The van der Waals surface area contributed by atoms with E-state index in [2.05, 4.69) is 20.9 Å². The number of esters is 1. The first-order chi connectivity index (χ1) is 17.1. The fraction of sp³-hybridized carbons (Fsp3) is 0.538. The first-order valence-electron chi connectivity index (χ1n) is 12.3. The molecular weight excluding hydrogens is 484 g/mol. The van der Waals surface area contributed by atoms with E-state index in [0.717, 1.165) is 24.6 Å².